The molecule has 0 radical (unpaired) electrons. The zero-order valence-electron chi connectivity index (χ0n) is 30.0. The first-order valence-electron chi connectivity index (χ1n) is 18.7. The molecule has 0 fully saturated rings. The molecular weight excluding hydrogens is 707 g/mol. The van der Waals surface area contributed by atoms with Crippen LogP contribution in [-0.4, -0.2) is 24.9 Å². The summed E-state index contributed by atoms with van der Waals surface area (Å²) in [5.41, 5.74) is 10.2. The molecule has 0 saturated heterocycles. The largest absolute Gasteiger partial charge is 0.456 e. The Balaban J connectivity index is 1.12. The number of para-hydroxylation sites is 2. The predicted octanol–water partition coefficient (Wildman–Crippen LogP) is 12.7. The monoisotopic (exact) mass is 733 g/mol. The van der Waals surface area contributed by atoms with Crippen LogP contribution in [0.1, 0.15) is 0 Å². The summed E-state index contributed by atoms with van der Waals surface area (Å²) in [7, 11) is 0. The van der Waals surface area contributed by atoms with Crippen molar-refractivity contribution in [2.45, 2.75) is 0 Å². The zero-order valence-corrected chi connectivity index (χ0v) is 30.0. The van der Waals surface area contributed by atoms with E-state index in [1.165, 1.54) is 0 Å². The van der Waals surface area contributed by atoms with E-state index >= 15 is 0 Å². The second kappa shape index (κ2) is 12.3. The molecule has 57 heavy (non-hydrogen) atoms. The quantitative estimate of drug-likeness (QED) is 0.172. The number of rotatable bonds is 5. The first kappa shape index (κ1) is 31.4. The van der Waals surface area contributed by atoms with Gasteiger partial charge in [-0.25, -0.2) is 24.9 Å². The molecule has 0 spiro atoms. The molecule has 0 aliphatic rings. The van der Waals surface area contributed by atoms with Gasteiger partial charge in [-0.1, -0.05) is 115 Å². The van der Waals surface area contributed by atoms with Gasteiger partial charge in [0.15, 0.2) is 28.9 Å². The fourth-order valence-electron chi connectivity index (χ4n) is 7.95. The number of hydrogen-bond donors (Lipinski definition) is 0. The summed E-state index contributed by atoms with van der Waals surface area (Å²) in [6, 6.07) is 54.2. The summed E-state index contributed by atoms with van der Waals surface area (Å²) in [6.45, 7) is 0. The molecule has 0 bridgehead atoms. The van der Waals surface area contributed by atoms with Crippen molar-refractivity contribution in [3.8, 4) is 56.8 Å². The van der Waals surface area contributed by atoms with E-state index in [1.807, 2.05) is 152 Å². The van der Waals surface area contributed by atoms with E-state index in [4.69, 9.17) is 38.2 Å². The number of nitrogens with zero attached hydrogens (tertiary/aromatic N) is 5. The van der Waals surface area contributed by atoms with Gasteiger partial charge in [-0.15, -0.1) is 0 Å². The second-order valence-corrected chi connectivity index (χ2v) is 14.0. The molecule has 266 valence electrons. The highest BCUT2D eigenvalue weighted by molar-refractivity contribution is 6.17. The van der Waals surface area contributed by atoms with Crippen LogP contribution in [0.4, 0.5) is 0 Å². The first-order chi connectivity index (χ1) is 28.2. The molecule has 12 aromatic rings. The highest BCUT2D eigenvalue weighted by atomic mass is 16.3. The lowest BCUT2D eigenvalue weighted by Crippen LogP contribution is -2.00. The minimum absolute atomic E-state index is 0.515. The molecular formula is C49H27N5O3. The normalized spacial score (nSPS) is 11.9. The van der Waals surface area contributed by atoms with Gasteiger partial charge in [0, 0.05) is 54.7 Å². The van der Waals surface area contributed by atoms with Gasteiger partial charge < -0.3 is 13.3 Å². The summed E-state index contributed by atoms with van der Waals surface area (Å²) >= 11 is 0. The van der Waals surface area contributed by atoms with Gasteiger partial charge in [-0.3, -0.25) is 0 Å². The Morgan fingerprint density at radius 1 is 0.316 bits per heavy atom. The van der Waals surface area contributed by atoms with E-state index in [1.54, 1.807) is 0 Å². The smallest absolute Gasteiger partial charge is 0.180 e. The summed E-state index contributed by atoms with van der Waals surface area (Å²) in [6.07, 6.45) is 0. The minimum atomic E-state index is 0.515. The van der Waals surface area contributed by atoms with E-state index in [-0.39, 0.29) is 0 Å². The van der Waals surface area contributed by atoms with Crippen molar-refractivity contribution in [2.75, 3.05) is 0 Å². The lowest BCUT2D eigenvalue weighted by atomic mass is 10.0. The third-order valence-electron chi connectivity index (χ3n) is 10.6. The topological polar surface area (TPSA) is 104 Å². The van der Waals surface area contributed by atoms with Gasteiger partial charge in [0.05, 0.1) is 0 Å². The first-order valence-corrected chi connectivity index (χ1v) is 18.7. The van der Waals surface area contributed by atoms with Gasteiger partial charge in [0.25, 0.3) is 0 Å². The van der Waals surface area contributed by atoms with Crippen LogP contribution in [0.15, 0.2) is 177 Å². The third-order valence-corrected chi connectivity index (χ3v) is 10.6. The zero-order chi connectivity index (χ0) is 37.5. The molecule has 7 aromatic carbocycles. The van der Waals surface area contributed by atoms with Crippen LogP contribution in [0.5, 0.6) is 0 Å². The Kier molecular flexibility index (Phi) is 6.76. The van der Waals surface area contributed by atoms with Gasteiger partial charge >= 0.3 is 0 Å². The molecule has 12 rings (SSSR count). The van der Waals surface area contributed by atoms with Crippen LogP contribution in [0.3, 0.4) is 0 Å². The highest BCUT2D eigenvalue weighted by Crippen LogP contribution is 2.43. The average molecular weight is 734 g/mol. The third kappa shape index (κ3) is 4.97. The summed E-state index contributed by atoms with van der Waals surface area (Å²) in [5, 5.41) is 4.68. The fraction of sp³-hybridized carbons (Fsp3) is 0. The Morgan fingerprint density at radius 2 is 0.842 bits per heavy atom. The van der Waals surface area contributed by atoms with Crippen LogP contribution in [0, 0.1) is 0 Å². The van der Waals surface area contributed by atoms with Crippen LogP contribution in [0.2, 0.25) is 0 Å². The summed E-state index contributed by atoms with van der Waals surface area (Å²) in [5.74, 6) is 2.18. The number of benzene rings is 7. The molecule has 0 atom stereocenters. The molecule has 0 saturated carbocycles. The number of furan rings is 3. The van der Waals surface area contributed by atoms with Gasteiger partial charge in [0.2, 0.25) is 0 Å². The molecule has 0 N–H and O–H groups in total. The predicted molar refractivity (Wildman–Crippen MR) is 224 cm³/mol. The highest BCUT2D eigenvalue weighted by Gasteiger charge is 2.24. The van der Waals surface area contributed by atoms with Gasteiger partial charge in [-0.2, -0.15) is 0 Å². The van der Waals surface area contributed by atoms with E-state index in [2.05, 4.69) is 12.1 Å². The van der Waals surface area contributed by atoms with Crippen molar-refractivity contribution in [1.82, 2.24) is 24.9 Å². The maximum atomic E-state index is 6.59. The molecule has 8 nitrogen and oxygen atoms in total. The minimum Gasteiger partial charge on any atom is -0.456 e. The lowest BCUT2D eigenvalue weighted by Gasteiger charge is -2.10. The number of hydrogen-bond acceptors (Lipinski definition) is 8. The molecule has 5 heterocycles. The van der Waals surface area contributed by atoms with Crippen LogP contribution >= 0.6 is 0 Å². The van der Waals surface area contributed by atoms with Crippen molar-refractivity contribution in [3.05, 3.63) is 164 Å². The Morgan fingerprint density at radius 3 is 1.56 bits per heavy atom. The van der Waals surface area contributed by atoms with E-state index in [0.29, 0.717) is 45.7 Å². The molecule has 0 amide bonds. The maximum Gasteiger partial charge on any atom is 0.180 e. The standard InChI is InChI=1S/C49H27N5O3/c1-3-13-28(14-4-1)43-45-44(32-18-8-10-22-37(32)57-45)51-48(50-43)33-19-11-23-39-41(33)42-34(20-12-24-40(42)56-39)49-53-46(29-15-5-2-6-16-29)52-47(54-49)30-25-26-38-35(27-30)31-17-7-9-21-36(31)55-38/h1-27H. The summed E-state index contributed by atoms with van der Waals surface area (Å²) < 4.78 is 19.2. The molecule has 0 unspecified atom stereocenters. The van der Waals surface area contributed by atoms with Gasteiger partial charge in [-0.05, 0) is 48.5 Å². The lowest BCUT2D eigenvalue weighted by molar-refractivity contribution is 0.667. The molecule has 0 aliphatic heterocycles. The van der Waals surface area contributed by atoms with Gasteiger partial charge in [0.1, 0.15) is 39.1 Å². The van der Waals surface area contributed by atoms with Crippen molar-refractivity contribution >= 4 is 65.9 Å². The van der Waals surface area contributed by atoms with Crippen LogP contribution < -0.4 is 0 Å². The molecule has 5 aromatic heterocycles. The number of aromatic nitrogens is 5. The van der Waals surface area contributed by atoms with Crippen molar-refractivity contribution < 1.29 is 13.3 Å². The van der Waals surface area contributed by atoms with Crippen LogP contribution in [0.25, 0.3) is 123 Å². The SMILES string of the molecule is c1ccc(-c2nc(-c3ccc4oc5ccccc5c4c3)nc(-c3cccc4oc5cccc(-c6nc(-c7ccccc7)c7oc8ccccc8c7n6)c5c34)n2)cc1. The van der Waals surface area contributed by atoms with Crippen LogP contribution in [-0.2, 0) is 0 Å². The molecule has 8 heteroatoms. The van der Waals surface area contributed by atoms with Crippen molar-refractivity contribution in [1.29, 1.82) is 0 Å². The van der Waals surface area contributed by atoms with Crippen molar-refractivity contribution in [2.24, 2.45) is 0 Å². The summed E-state index contributed by atoms with van der Waals surface area (Å²) in [4.78, 5) is 25.8. The van der Waals surface area contributed by atoms with Crippen molar-refractivity contribution in [3.63, 3.8) is 0 Å². The Hall–Kier alpha value is -7.97. The fourth-order valence-corrected chi connectivity index (χ4v) is 7.95. The van der Waals surface area contributed by atoms with E-state index in [9.17, 15) is 0 Å². The van der Waals surface area contributed by atoms with E-state index < -0.39 is 0 Å². The average Bonchev–Trinajstić information content (AvgIpc) is 3.97. The number of fused-ring (bicyclic) bond motifs is 9. The molecule has 0 aliphatic carbocycles. The second-order valence-electron chi connectivity index (χ2n) is 14.0. The Bertz CT molecular complexity index is 3530. The Labute approximate surface area is 323 Å². The maximum absolute atomic E-state index is 6.59. The van der Waals surface area contributed by atoms with E-state index in [0.717, 1.165) is 77.0 Å².